The van der Waals surface area contributed by atoms with E-state index < -0.39 is 12.4 Å². The van der Waals surface area contributed by atoms with E-state index in [2.05, 4.69) is 14.2 Å². The summed E-state index contributed by atoms with van der Waals surface area (Å²) in [6, 6.07) is 0. The van der Waals surface area contributed by atoms with Crippen LogP contribution in [0.1, 0.15) is 20.3 Å². The summed E-state index contributed by atoms with van der Waals surface area (Å²) in [5.41, 5.74) is 0. The lowest BCUT2D eigenvalue weighted by Gasteiger charge is -2.12. The Labute approximate surface area is 70.6 Å². The highest BCUT2D eigenvalue weighted by Crippen LogP contribution is 2.00. The summed E-state index contributed by atoms with van der Waals surface area (Å²) in [5, 5.41) is 0. The Morgan fingerprint density at radius 2 is 2.17 bits per heavy atom. The van der Waals surface area contributed by atoms with Gasteiger partial charge in [0.15, 0.2) is 0 Å². The summed E-state index contributed by atoms with van der Waals surface area (Å²) in [4.78, 5) is 20.5. The topological polar surface area (TPSA) is 61.8 Å². The average molecular weight is 176 g/mol. The third-order valence-electron chi connectivity index (χ3n) is 1.03. The fraction of sp³-hybridized carbons (Fsp3) is 0.714. The maximum Gasteiger partial charge on any atom is 0.511 e. The lowest BCUT2D eigenvalue weighted by Crippen LogP contribution is -2.20. The molecule has 0 fully saturated rings. The summed E-state index contributed by atoms with van der Waals surface area (Å²) >= 11 is 0. The highest BCUT2D eigenvalue weighted by Gasteiger charge is 2.12. The number of hydrogen-bond donors (Lipinski definition) is 0. The molecule has 0 aromatic heterocycles. The van der Waals surface area contributed by atoms with Crippen LogP contribution in [-0.4, -0.2) is 25.5 Å². The smallest absolute Gasteiger partial charge is 0.435 e. The van der Waals surface area contributed by atoms with Crippen LogP contribution in [0.3, 0.4) is 0 Å². The molecule has 0 aromatic carbocycles. The molecule has 0 amide bonds. The number of carbonyl (C=O) groups is 2. The zero-order valence-electron chi connectivity index (χ0n) is 7.11. The fourth-order valence-corrected chi connectivity index (χ4v) is 0.528. The van der Waals surface area contributed by atoms with Gasteiger partial charge in [0.25, 0.3) is 12.8 Å². The van der Waals surface area contributed by atoms with E-state index in [4.69, 9.17) is 0 Å². The zero-order valence-corrected chi connectivity index (χ0v) is 7.11. The molecule has 0 bridgehead atoms. The third kappa shape index (κ3) is 4.54. The van der Waals surface area contributed by atoms with Gasteiger partial charge in [-0.3, -0.25) is 4.79 Å². The molecule has 5 nitrogen and oxygen atoms in total. The highest BCUT2D eigenvalue weighted by molar-refractivity contribution is 5.60. The van der Waals surface area contributed by atoms with Crippen LogP contribution in [0, 0.1) is 0 Å². The van der Waals surface area contributed by atoms with Crippen molar-refractivity contribution in [2.45, 2.75) is 26.6 Å². The minimum Gasteiger partial charge on any atom is -0.435 e. The van der Waals surface area contributed by atoms with Gasteiger partial charge < -0.3 is 14.2 Å². The van der Waals surface area contributed by atoms with Gasteiger partial charge in [-0.1, -0.05) is 6.92 Å². The van der Waals surface area contributed by atoms with Crippen LogP contribution in [0.4, 0.5) is 4.79 Å². The second-order valence-corrected chi connectivity index (χ2v) is 1.87. The quantitative estimate of drug-likeness (QED) is 0.356. The zero-order chi connectivity index (χ0) is 9.40. The van der Waals surface area contributed by atoms with Gasteiger partial charge in [-0.2, -0.15) is 0 Å². The Hall–Kier alpha value is -1.26. The Bertz CT molecular complexity index is 145. The molecule has 70 valence electrons. The molecule has 0 heterocycles. The van der Waals surface area contributed by atoms with Crippen molar-refractivity contribution in [3.8, 4) is 0 Å². The summed E-state index contributed by atoms with van der Waals surface area (Å²) in [7, 11) is 0. The van der Waals surface area contributed by atoms with Gasteiger partial charge in [-0.15, -0.1) is 0 Å². The normalized spacial score (nSPS) is 11.5. The first-order chi connectivity index (χ1) is 5.74. The molecule has 0 saturated carbocycles. The molecule has 5 heteroatoms. The summed E-state index contributed by atoms with van der Waals surface area (Å²) in [6.45, 7) is 3.83. The second kappa shape index (κ2) is 6.45. The lowest BCUT2D eigenvalue weighted by atomic mass is 10.5. The van der Waals surface area contributed by atoms with Crippen LogP contribution < -0.4 is 0 Å². The van der Waals surface area contributed by atoms with Crippen LogP contribution in [0.2, 0.25) is 0 Å². The Balaban J connectivity index is 3.68. The van der Waals surface area contributed by atoms with Gasteiger partial charge in [0, 0.05) is 6.42 Å². The Morgan fingerprint density at radius 1 is 1.50 bits per heavy atom. The Kier molecular flexibility index (Phi) is 5.77. The minimum absolute atomic E-state index is 0.230. The molecular weight excluding hydrogens is 164 g/mol. The van der Waals surface area contributed by atoms with E-state index in [1.165, 1.54) is 0 Å². The second-order valence-electron chi connectivity index (χ2n) is 1.87. The van der Waals surface area contributed by atoms with Crippen LogP contribution >= 0.6 is 0 Å². The lowest BCUT2D eigenvalue weighted by molar-refractivity contribution is -0.156. The Morgan fingerprint density at radius 3 is 2.58 bits per heavy atom. The molecule has 1 unspecified atom stereocenters. The first kappa shape index (κ1) is 10.7. The summed E-state index contributed by atoms with van der Waals surface area (Å²) in [6.07, 6.45) is -1.27. The van der Waals surface area contributed by atoms with E-state index in [0.717, 1.165) is 0 Å². The van der Waals surface area contributed by atoms with Crippen molar-refractivity contribution >= 4 is 12.6 Å². The SMILES string of the molecule is CCOC(=O)OC(CC)OC=O. The molecule has 0 saturated heterocycles. The largest absolute Gasteiger partial charge is 0.511 e. The standard InChI is InChI=1S/C7H12O5/c1-3-6(11-5-8)12-7(9)10-4-2/h5-6H,3-4H2,1-2H3. The summed E-state index contributed by atoms with van der Waals surface area (Å²) in [5.74, 6) is 0. The predicted molar refractivity (Wildman–Crippen MR) is 39.3 cm³/mol. The molecular formula is C7H12O5. The van der Waals surface area contributed by atoms with Gasteiger partial charge in [0.1, 0.15) is 0 Å². The van der Waals surface area contributed by atoms with Crippen molar-refractivity contribution in [3.05, 3.63) is 0 Å². The molecule has 0 aliphatic heterocycles. The number of hydrogen-bond acceptors (Lipinski definition) is 5. The van der Waals surface area contributed by atoms with Crippen LogP contribution in [0.15, 0.2) is 0 Å². The molecule has 1 atom stereocenters. The first-order valence-corrected chi connectivity index (χ1v) is 3.67. The molecule has 0 aromatic rings. The van der Waals surface area contributed by atoms with Crippen molar-refractivity contribution < 1.29 is 23.8 Å². The monoisotopic (exact) mass is 176 g/mol. The van der Waals surface area contributed by atoms with Crippen molar-refractivity contribution in [2.24, 2.45) is 0 Å². The van der Waals surface area contributed by atoms with Crippen molar-refractivity contribution in [2.75, 3.05) is 6.61 Å². The van der Waals surface area contributed by atoms with Crippen molar-refractivity contribution in [3.63, 3.8) is 0 Å². The predicted octanol–water partition coefficient (Wildman–Crippen LogP) is 1.07. The number of rotatable bonds is 5. The third-order valence-corrected chi connectivity index (χ3v) is 1.03. The van der Waals surface area contributed by atoms with E-state index in [9.17, 15) is 9.59 Å². The molecule has 12 heavy (non-hydrogen) atoms. The van der Waals surface area contributed by atoms with E-state index in [1.54, 1.807) is 13.8 Å². The summed E-state index contributed by atoms with van der Waals surface area (Å²) < 4.78 is 13.4. The fourth-order valence-electron chi connectivity index (χ4n) is 0.528. The van der Waals surface area contributed by atoms with Gasteiger partial charge >= 0.3 is 6.16 Å². The molecule has 0 spiro atoms. The molecule has 0 aliphatic rings. The maximum atomic E-state index is 10.6. The van der Waals surface area contributed by atoms with Crippen LogP contribution in [-0.2, 0) is 19.0 Å². The van der Waals surface area contributed by atoms with E-state index in [-0.39, 0.29) is 13.1 Å². The van der Waals surface area contributed by atoms with Crippen molar-refractivity contribution in [1.29, 1.82) is 0 Å². The average Bonchev–Trinajstić information content (AvgIpc) is 2.04. The number of ether oxygens (including phenoxy) is 3. The van der Waals surface area contributed by atoms with Gasteiger partial charge in [-0.25, -0.2) is 4.79 Å². The van der Waals surface area contributed by atoms with Crippen molar-refractivity contribution in [1.82, 2.24) is 0 Å². The number of carbonyl (C=O) groups excluding carboxylic acids is 2. The molecule has 0 radical (unpaired) electrons. The van der Waals surface area contributed by atoms with Gasteiger partial charge in [-0.05, 0) is 6.92 Å². The van der Waals surface area contributed by atoms with E-state index in [1.807, 2.05) is 0 Å². The van der Waals surface area contributed by atoms with Crippen LogP contribution in [0.25, 0.3) is 0 Å². The molecule has 0 rings (SSSR count). The molecule has 0 aliphatic carbocycles. The van der Waals surface area contributed by atoms with Gasteiger partial charge in [0.05, 0.1) is 6.61 Å². The van der Waals surface area contributed by atoms with E-state index in [0.29, 0.717) is 6.42 Å². The van der Waals surface area contributed by atoms with E-state index >= 15 is 0 Å². The van der Waals surface area contributed by atoms with Gasteiger partial charge in [0.2, 0.25) is 0 Å². The minimum atomic E-state index is -0.846. The maximum absolute atomic E-state index is 10.6. The molecule has 0 N–H and O–H groups in total. The first-order valence-electron chi connectivity index (χ1n) is 3.67. The highest BCUT2D eigenvalue weighted by atomic mass is 16.8. The van der Waals surface area contributed by atoms with Crippen LogP contribution in [0.5, 0.6) is 0 Å².